The number of amides is 2. The average Bonchev–Trinajstić information content (AvgIpc) is 3.12. The van der Waals surface area contributed by atoms with Crippen LogP contribution in [0.5, 0.6) is 0 Å². The molecule has 5 nitrogen and oxygen atoms in total. The van der Waals surface area contributed by atoms with Crippen LogP contribution in [0.3, 0.4) is 0 Å². The first kappa shape index (κ1) is 18.9. The maximum Gasteiger partial charge on any atom is 0.314 e. The number of carbonyl (C=O) groups is 1. The van der Waals surface area contributed by atoms with Crippen molar-refractivity contribution in [2.24, 2.45) is 5.92 Å². The van der Waals surface area contributed by atoms with Gasteiger partial charge in [0.05, 0.1) is 0 Å². The van der Waals surface area contributed by atoms with E-state index in [1.807, 2.05) is 4.90 Å². The van der Waals surface area contributed by atoms with E-state index in [1.54, 1.807) is 6.07 Å². The number of hydrogen-bond donors (Lipinski definition) is 2. The Bertz CT molecular complexity index is 607. The lowest BCUT2D eigenvalue weighted by Gasteiger charge is -2.26. The molecular formula is C19H28F2N4O. The van der Waals surface area contributed by atoms with E-state index in [0.717, 1.165) is 45.2 Å². The van der Waals surface area contributed by atoms with Gasteiger partial charge in [-0.15, -0.1) is 0 Å². The van der Waals surface area contributed by atoms with Gasteiger partial charge in [-0.05, 0) is 50.4 Å². The summed E-state index contributed by atoms with van der Waals surface area (Å²) in [4.78, 5) is 16.3. The molecule has 0 saturated carbocycles. The summed E-state index contributed by atoms with van der Waals surface area (Å²) in [6.07, 6.45) is 4.74. The molecule has 2 heterocycles. The molecule has 0 aliphatic carbocycles. The van der Waals surface area contributed by atoms with Crippen LogP contribution in [0.1, 0.15) is 25.7 Å². The van der Waals surface area contributed by atoms with Crippen molar-refractivity contribution < 1.29 is 13.6 Å². The summed E-state index contributed by atoms with van der Waals surface area (Å²) in [5.74, 6) is -1.33. The fourth-order valence-electron chi connectivity index (χ4n) is 3.73. The van der Waals surface area contributed by atoms with Gasteiger partial charge < -0.3 is 20.4 Å². The van der Waals surface area contributed by atoms with E-state index in [-0.39, 0.29) is 6.03 Å². The Labute approximate surface area is 153 Å². The standard InChI is InChI=1S/C19H28F2N4O/c20-17-5-4-16(12-18(17)21)25-10-6-15(14-25)13-23-19(26)22-7-11-24-8-2-1-3-9-24/h4-5,12,15H,1-3,6-11,13-14H2,(H2,22,23,26). The molecule has 1 aromatic carbocycles. The van der Waals surface area contributed by atoms with Crippen molar-refractivity contribution in [3.63, 3.8) is 0 Å². The van der Waals surface area contributed by atoms with Gasteiger partial charge in [-0.25, -0.2) is 13.6 Å². The lowest BCUT2D eigenvalue weighted by Crippen LogP contribution is -2.43. The van der Waals surface area contributed by atoms with E-state index in [9.17, 15) is 13.6 Å². The summed E-state index contributed by atoms with van der Waals surface area (Å²) in [6.45, 7) is 5.94. The Kier molecular flexibility index (Phi) is 6.66. The van der Waals surface area contributed by atoms with Crippen LogP contribution in [0.2, 0.25) is 0 Å². The molecule has 144 valence electrons. The number of urea groups is 1. The van der Waals surface area contributed by atoms with Gasteiger partial charge >= 0.3 is 6.03 Å². The van der Waals surface area contributed by atoms with E-state index in [1.165, 1.54) is 25.3 Å². The molecular weight excluding hydrogens is 338 g/mol. The molecule has 0 aromatic heterocycles. The summed E-state index contributed by atoms with van der Waals surface area (Å²) < 4.78 is 26.4. The van der Waals surface area contributed by atoms with E-state index in [2.05, 4.69) is 15.5 Å². The highest BCUT2D eigenvalue weighted by Crippen LogP contribution is 2.24. The van der Waals surface area contributed by atoms with Crippen LogP contribution in [0.15, 0.2) is 18.2 Å². The quantitative estimate of drug-likeness (QED) is 0.814. The zero-order valence-electron chi connectivity index (χ0n) is 15.1. The van der Waals surface area contributed by atoms with Gasteiger partial charge in [0.15, 0.2) is 11.6 Å². The maximum atomic E-state index is 13.4. The van der Waals surface area contributed by atoms with Gasteiger partial charge in [-0.2, -0.15) is 0 Å². The zero-order chi connectivity index (χ0) is 18.4. The monoisotopic (exact) mass is 366 g/mol. The molecule has 2 aliphatic heterocycles. The van der Waals surface area contributed by atoms with Crippen LogP contribution in [-0.4, -0.2) is 56.7 Å². The SMILES string of the molecule is O=C(NCCN1CCCCC1)NCC1CCN(c2ccc(F)c(F)c2)C1. The van der Waals surface area contributed by atoms with Gasteiger partial charge in [-0.1, -0.05) is 6.42 Å². The fourth-order valence-corrected chi connectivity index (χ4v) is 3.73. The van der Waals surface area contributed by atoms with Gasteiger partial charge in [0.25, 0.3) is 0 Å². The van der Waals surface area contributed by atoms with Gasteiger partial charge in [0.2, 0.25) is 0 Å². The number of carbonyl (C=O) groups excluding carboxylic acids is 1. The molecule has 7 heteroatoms. The van der Waals surface area contributed by atoms with E-state index < -0.39 is 11.6 Å². The third-order valence-electron chi connectivity index (χ3n) is 5.27. The Morgan fingerprint density at radius 2 is 1.88 bits per heavy atom. The first-order chi connectivity index (χ1) is 12.6. The molecule has 0 bridgehead atoms. The number of halogens is 2. The molecule has 0 radical (unpaired) electrons. The number of nitrogens with zero attached hydrogens (tertiary/aromatic N) is 2. The molecule has 1 unspecified atom stereocenters. The smallest absolute Gasteiger partial charge is 0.314 e. The molecule has 3 rings (SSSR count). The Morgan fingerprint density at radius 1 is 1.08 bits per heavy atom. The first-order valence-electron chi connectivity index (χ1n) is 9.56. The van der Waals surface area contributed by atoms with Gasteiger partial charge in [-0.3, -0.25) is 0 Å². The van der Waals surface area contributed by atoms with Crippen LogP contribution in [0.25, 0.3) is 0 Å². The highest BCUT2D eigenvalue weighted by Gasteiger charge is 2.23. The minimum absolute atomic E-state index is 0.131. The Hall–Kier alpha value is -1.89. The number of rotatable bonds is 6. The highest BCUT2D eigenvalue weighted by molar-refractivity contribution is 5.73. The predicted octanol–water partition coefficient (Wildman–Crippen LogP) is 2.58. The summed E-state index contributed by atoms with van der Waals surface area (Å²) in [7, 11) is 0. The molecule has 2 N–H and O–H groups in total. The highest BCUT2D eigenvalue weighted by atomic mass is 19.2. The number of likely N-dealkylation sites (tertiary alicyclic amines) is 1. The van der Waals surface area contributed by atoms with Crippen molar-refractivity contribution in [3.05, 3.63) is 29.8 Å². The van der Waals surface area contributed by atoms with E-state index in [4.69, 9.17) is 0 Å². The first-order valence-corrected chi connectivity index (χ1v) is 9.56. The molecule has 2 fully saturated rings. The molecule has 26 heavy (non-hydrogen) atoms. The second-order valence-corrected chi connectivity index (χ2v) is 7.24. The summed E-state index contributed by atoms with van der Waals surface area (Å²) in [5, 5.41) is 5.84. The van der Waals surface area contributed by atoms with Crippen LogP contribution in [0, 0.1) is 17.6 Å². The summed E-state index contributed by atoms with van der Waals surface area (Å²) in [6, 6.07) is 3.86. The predicted molar refractivity (Wildman–Crippen MR) is 98.4 cm³/mol. The topological polar surface area (TPSA) is 47.6 Å². The van der Waals surface area contributed by atoms with Crippen molar-refractivity contribution in [1.82, 2.24) is 15.5 Å². The second kappa shape index (κ2) is 9.16. The van der Waals surface area contributed by atoms with Crippen molar-refractivity contribution in [2.75, 3.05) is 50.7 Å². The zero-order valence-corrected chi connectivity index (χ0v) is 15.1. The third kappa shape index (κ3) is 5.30. The van der Waals surface area contributed by atoms with Crippen LogP contribution >= 0.6 is 0 Å². The summed E-state index contributed by atoms with van der Waals surface area (Å²) >= 11 is 0. The maximum absolute atomic E-state index is 13.4. The fraction of sp³-hybridized carbons (Fsp3) is 0.632. The van der Waals surface area contributed by atoms with Crippen molar-refractivity contribution in [3.8, 4) is 0 Å². The minimum Gasteiger partial charge on any atom is -0.371 e. The van der Waals surface area contributed by atoms with Crippen LogP contribution in [0.4, 0.5) is 19.3 Å². The van der Waals surface area contributed by atoms with Crippen molar-refractivity contribution >= 4 is 11.7 Å². The number of hydrogen-bond acceptors (Lipinski definition) is 3. The molecule has 2 aliphatic rings. The molecule has 2 saturated heterocycles. The van der Waals surface area contributed by atoms with E-state index >= 15 is 0 Å². The van der Waals surface area contributed by atoms with Gasteiger partial charge in [0, 0.05) is 44.5 Å². The van der Waals surface area contributed by atoms with Gasteiger partial charge in [0.1, 0.15) is 0 Å². The number of anilines is 1. The molecule has 1 aromatic rings. The number of nitrogens with one attached hydrogen (secondary N) is 2. The van der Waals surface area contributed by atoms with Crippen LogP contribution < -0.4 is 15.5 Å². The van der Waals surface area contributed by atoms with Crippen molar-refractivity contribution in [2.45, 2.75) is 25.7 Å². The lowest BCUT2D eigenvalue weighted by molar-refractivity contribution is 0.220. The lowest BCUT2D eigenvalue weighted by atomic mass is 10.1. The number of benzene rings is 1. The molecule has 2 amide bonds. The largest absolute Gasteiger partial charge is 0.371 e. The second-order valence-electron chi connectivity index (χ2n) is 7.24. The molecule has 1 atom stereocenters. The van der Waals surface area contributed by atoms with Crippen LogP contribution in [-0.2, 0) is 0 Å². The number of piperidine rings is 1. The third-order valence-corrected chi connectivity index (χ3v) is 5.27. The van der Waals surface area contributed by atoms with Crippen molar-refractivity contribution in [1.29, 1.82) is 0 Å². The Morgan fingerprint density at radius 3 is 2.65 bits per heavy atom. The normalized spacial score (nSPS) is 21.0. The summed E-state index contributed by atoms with van der Waals surface area (Å²) in [5.41, 5.74) is 0.692. The minimum atomic E-state index is -0.826. The average molecular weight is 366 g/mol. The molecule has 0 spiro atoms. The van der Waals surface area contributed by atoms with E-state index in [0.29, 0.717) is 24.7 Å². The Balaban J connectivity index is 1.33.